The summed E-state index contributed by atoms with van der Waals surface area (Å²) in [6, 6.07) is 16.7. The maximum absolute atomic E-state index is 13.4. The summed E-state index contributed by atoms with van der Waals surface area (Å²) in [4.78, 5) is 28.1. The molecular formula is C27H26F2N2O4. The van der Waals surface area contributed by atoms with Crippen LogP contribution in [0.2, 0.25) is 0 Å². The Balaban J connectivity index is 1.61. The number of hydrogen-bond acceptors (Lipinski definition) is 4. The van der Waals surface area contributed by atoms with Gasteiger partial charge in [-0.2, -0.15) is 0 Å². The minimum absolute atomic E-state index is 0.177. The Morgan fingerprint density at radius 2 is 1.57 bits per heavy atom. The summed E-state index contributed by atoms with van der Waals surface area (Å²) in [7, 11) is 3.06. The molecule has 8 heteroatoms. The average molecular weight is 481 g/mol. The molecule has 35 heavy (non-hydrogen) atoms. The van der Waals surface area contributed by atoms with E-state index in [-0.39, 0.29) is 43.2 Å². The Morgan fingerprint density at radius 3 is 2.20 bits per heavy atom. The Hall–Kier alpha value is -3.94. The second kappa shape index (κ2) is 10.5. The quantitative estimate of drug-likeness (QED) is 0.552. The summed E-state index contributed by atoms with van der Waals surface area (Å²) in [5, 5.41) is 2.91. The van der Waals surface area contributed by atoms with Crippen LogP contribution in [0.4, 0.5) is 8.78 Å². The molecule has 0 saturated carbocycles. The summed E-state index contributed by atoms with van der Waals surface area (Å²) in [5.41, 5.74) is 1.85. The molecule has 182 valence electrons. The zero-order chi connectivity index (χ0) is 24.9. The molecule has 6 nitrogen and oxygen atoms in total. The minimum Gasteiger partial charge on any atom is -0.493 e. The molecule has 1 aliphatic heterocycles. The van der Waals surface area contributed by atoms with Crippen molar-refractivity contribution >= 4 is 11.8 Å². The zero-order valence-electron chi connectivity index (χ0n) is 19.5. The van der Waals surface area contributed by atoms with E-state index in [9.17, 15) is 18.4 Å². The standard InChI is InChI=1S/C27H26F2N2O4/c1-34-24-5-3-4-21(25(24)35-2)22-15-31(27(33)18-8-12-20(29)13-9-18)16-23(22)26(32)30-14-17-6-10-19(28)11-7-17/h3-13,22-23H,14-16H2,1-2H3,(H,30,32)/t22-,23+/m0/s1. The fraction of sp³-hybridized carbons (Fsp3) is 0.259. The van der Waals surface area contributed by atoms with E-state index in [2.05, 4.69) is 5.32 Å². The number of ether oxygens (including phenoxy) is 2. The second-order valence-electron chi connectivity index (χ2n) is 8.36. The van der Waals surface area contributed by atoms with E-state index in [0.29, 0.717) is 17.1 Å². The van der Waals surface area contributed by atoms with Gasteiger partial charge in [0.2, 0.25) is 5.91 Å². The van der Waals surface area contributed by atoms with E-state index in [1.807, 2.05) is 12.1 Å². The van der Waals surface area contributed by atoms with Gasteiger partial charge in [0, 0.05) is 36.7 Å². The van der Waals surface area contributed by atoms with E-state index >= 15 is 0 Å². The molecule has 0 aromatic heterocycles. The van der Waals surface area contributed by atoms with Crippen LogP contribution in [-0.2, 0) is 11.3 Å². The molecule has 1 N–H and O–H groups in total. The smallest absolute Gasteiger partial charge is 0.253 e. The minimum atomic E-state index is -0.569. The first-order valence-electron chi connectivity index (χ1n) is 11.2. The van der Waals surface area contributed by atoms with E-state index in [1.165, 1.54) is 50.6 Å². The molecular weight excluding hydrogens is 454 g/mol. The first kappa shape index (κ1) is 24.2. The molecule has 2 amide bonds. The van der Waals surface area contributed by atoms with Crippen molar-refractivity contribution in [3.8, 4) is 11.5 Å². The van der Waals surface area contributed by atoms with Gasteiger partial charge >= 0.3 is 0 Å². The van der Waals surface area contributed by atoms with Crippen molar-refractivity contribution in [2.45, 2.75) is 12.5 Å². The highest BCUT2D eigenvalue weighted by Crippen LogP contribution is 2.42. The Labute approximate surface area is 202 Å². The predicted molar refractivity (Wildman–Crippen MR) is 126 cm³/mol. The fourth-order valence-electron chi connectivity index (χ4n) is 4.45. The van der Waals surface area contributed by atoms with Gasteiger partial charge < -0.3 is 19.7 Å². The lowest BCUT2D eigenvalue weighted by Gasteiger charge is -2.21. The maximum Gasteiger partial charge on any atom is 0.253 e. The summed E-state index contributed by atoms with van der Waals surface area (Å²) in [5.74, 6) is -1.20. The number of benzene rings is 3. The number of halogens is 2. The van der Waals surface area contributed by atoms with Gasteiger partial charge in [-0.05, 0) is 48.0 Å². The van der Waals surface area contributed by atoms with Crippen molar-refractivity contribution in [3.63, 3.8) is 0 Å². The van der Waals surface area contributed by atoms with Crippen molar-refractivity contribution in [1.82, 2.24) is 10.2 Å². The lowest BCUT2D eigenvalue weighted by molar-refractivity contribution is -0.125. The van der Waals surface area contributed by atoms with Crippen LogP contribution in [0, 0.1) is 17.6 Å². The zero-order valence-corrected chi connectivity index (χ0v) is 19.5. The van der Waals surface area contributed by atoms with Crippen LogP contribution in [0.5, 0.6) is 11.5 Å². The van der Waals surface area contributed by atoms with Crippen molar-refractivity contribution < 1.29 is 27.8 Å². The Morgan fingerprint density at radius 1 is 0.914 bits per heavy atom. The Bertz CT molecular complexity index is 1200. The van der Waals surface area contributed by atoms with Crippen molar-refractivity contribution in [2.75, 3.05) is 27.3 Å². The van der Waals surface area contributed by atoms with Gasteiger partial charge in [-0.1, -0.05) is 24.3 Å². The number of amides is 2. The molecule has 0 aliphatic carbocycles. The number of methoxy groups -OCH3 is 2. The molecule has 1 saturated heterocycles. The van der Waals surface area contributed by atoms with Gasteiger partial charge in [0.1, 0.15) is 11.6 Å². The second-order valence-corrected chi connectivity index (χ2v) is 8.36. The van der Waals surface area contributed by atoms with Crippen LogP contribution in [0.15, 0.2) is 66.7 Å². The van der Waals surface area contributed by atoms with E-state index < -0.39 is 11.7 Å². The number of rotatable bonds is 7. The number of carbonyl (C=O) groups is 2. The van der Waals surface area contributed by atoms with Crippen molar-refractivity contribution in [2.24, 2.45) is 5.92 Å². The van der Waals surface area contributed by atoms with Gasteiger partial charge in [-0.25, -0.2) is 8.78 Å². The summed E-state index contributed by atoms with van der Waals surface area (Å²) >= 11 is 0. The lowest BCUT2D eigenvalue weighted by atomic mass is 9.87. The molecule has 2 atom stereocenters. The highest BCUT2D eigenvalue weighted by atomic mass is 19.1. The van der Waals surface area contributed by atoms with Crippen LogP contribution in [0.3, 0.4) is 0 Å². The summed E-state index contributed by atoms with van der Waals surface area (Å²) in [6.07, 6.45) is 0. The van der Waals surface area contributed by atoms with E-state index in [4.69, 9.17) is 9.47 Å². The summed E-state index contributed by atoms with van der Waals surface area (Å²) in [6.45, 7) is 0.675. The first-order chi connectivity index (χ1) is 16.9. The van der Waals surface area contributed by atoms with Crippen LogP contribution in [0.1, 0.15) is 27.4 Å². The summed E-state index contributed by atoms with van der Waals surface area (Å²) < 4.78 is 37.6. The molecule has 4 rings (SSSR count). The highest BCUT2D eigenvalue weighted by Gasteiger charge is 2.42. The van der Waals surface area contributed by atoms with Gasteiger partial charge in [-0.15, -0.1) is 0 Å². The predicted octanol–water partition coefficient (Wildman–Crippen LogP) is 4.15. The first-order valence-corrected chi connectivity index (χ1v) is 11.2. The SMILES string of the molecule is COc1cccc([C@@H]2CN(C(=O)c3ccc(F)cc3)C[C@H]2C(=O)NCc2ccc(F)cc2)c1OC. The van der Waals surface area contributed by atoms with Crippen LogP contribution in [-0.4, -0.2) is 44.0 Å². The van der Waals surface area contributed by atoms with E-state index in [0.717, 1.165) is 11.1 Å². The number of para-hydroxylation sites is 1. The maximum atomic E-state index is 13.4. The van der Waals surface area contributed by atoms with Crippen molar-refractivity contribution in [1.29, 1.82) is 0 Å². The molecule has 0 unspecified atom stereocenters. The number of nitrogens with one attached hydrogen (secondary N) is 1. The number of carbonyl (C=O) groups excluding carboxylic acids is 2. The molecule has 1 heterocycles. The van der Waals surface area contributed by atoms with Gasteiger partial charge in [0.05, 0.1) is 20.1 Å². The van der Waals surface area contributed by atoms with Gasteiger partial charge in [0.25, 0.3) is 5.91 Å². The van der Waals surface area contributed by atoms with Gasteiger partial charge in [-0.3, -0.25) is 9.59 Å². The third-order valence-electron chi connectivity index (χ3n) is 6.25. The monoisotopic (exact) mass is 480 g/mol. The van der Waals surface area contributed by atoms with Crippen molar-refractivity contribution in [3.05, 3.63) is 95.1 Å². The number of likely N-dealkylation sites (tertiary alicyclic amines) is 1. The average Bonchev–Trinajstić information content (AvgIpc) is 3.33. The van der Waals surface area contributed by atoms with Gasteiger partial charge in [0.15, 0.2) is 11.5 Å². The Kier molecular flexibility index (Phi) is 7.29. The number of hydrogen-bond donors (Lipinski definition) is 1. The van der Waals surface area contributed by atoms with Crippen LogP contribution >= 0.6 is 0 Å². The fourth-order valence-corrected chi connectivity index (χ4v) is 4.45. The van der Waals surface area contributed by atoms with Crippen LogP contribution < -0.4 is 14.8 Å². The molecule has 1 fully saturated rings. The molecule has 1 aliphatic rings. The normalized spacial score (nSPS) is 17.2. The lowest BCUT2D eigenvalue weighted by Crippen LogP contribution is -2.35. The van der Waals surface area contributed by atoms with Crippen LogP contribution in [0.25, 0.3) is 0 Å². The topological polar surface area (TPSA) is 67.9 Å². The molecule has 3 aromatic carbocycles. The molecule has 0 radical (unpaired) electrons. The highest BCUT2D eigenvalue weighted by molar-refractivity contribution is 5.95. The largest absolute Gasteiger partial charge is 0.493 e. The molecule has 0 spiro atoms. The third-order valence-corrected chi connectivity index (χ3v) is 6.25. The third kappa shape index (κ3) is 5.26. The molecule has 3 aromatic rings. The number of nitrogens with zero attached hydrogens (tertiary/aromatic N) is 1. The van der Waals surface area contributed by atoms with E-state index in [1.54, 1.807) is 23.1 Å². The molecule has 0 bridgehead atoms.